The molecule has 0 bridgehead atoms. The van der Waals surface area contributed by atoms with Gasteiger partial charge in [0.1, 0.15) is 5.82 Å². The molecule has 0 unspecified atom stereocenters. The number of likely N-dealkylation sites (tertiary alicyclic amines) is 1. The number of aryl methyl sites for hydroxylation is 1. The van der Waals surface area contributed by atoms with Crippen molar-refractivity contribution >= 4 is 17.5 Å². The van der Waals surface area contributed by atoms with E-state index in [2.05, 4.69) is 0 Å². The van der Waals surface area contributed by atoms with E-state index in [1.54, 1.807) is 11.0 Å². The molecule has 2 aliphatic rings. The second kappa shape index (κ2) is 5.84. The summed E-state index contributed by atoms with van der Waals surface area (Å²) < 4.78 is 13.3. The minimum absolute atomic E-state index is 0.0170. The summed E-state index contributed by atoms with van der Waals surface area (Å²) in [4.78, 5) is 27.7. The second-order valence-corrected chi connectivity index (χ2v) is 5.66. The van der Waals surface area contributed by atoms with Crippen LogP contribution in [0.5, 0.6) is 0 Å². The lowest BCUT2D eigenvalue weighted by Gasteiger charge is -2.29. The van der Waals surface area contributed by atoms with Crippen molar-refractivity contribution in [2.24, 2.45) is 0 Å². The zero-order valence-corrected chi connectivity index (χ0v) is 12.0. The quantitative estimate of drug-likeness (QED) is 0.855. The number of rotatable bonds is 3. The van der Waals surface area contributed by atoms with Crippen molar-refractivity contribution in [3.05, 3.63) is 29.6 Å². The minimum Gasteiger partial charge on any atom is -0.343 e. The molecule has 5 heteroatoms. The van der Waals surface area contributed by atoms with Crippen LogP contribution in [0.1, 0.15) is 31.2 Å². The predicted molar refractivity (Wildman–Crippen MR) is 77.5 cm³/mol. The molecule has 0 aromatic heterocycles. The number of nitrogens with zero attached hydrogens (tertiary/aromatic N) is 2. The minimum atomic E-state index is -0.281. The molecule has 0 aliphatic carbocycles. The highest BCUT2D eigenvalue weighted by atomic mass is 19.1. The third kappa shape index (κ3) is 2.91. The number of fused-ring (bicyclic) bond motifs is 1. The number of halogens is 1. The molecule has 0 N–H and O–H groups in total. The van der Waals surface area contributed by atoms with Gasteiger partial charge in [-0.05, 0) is 43.0 Å². The van der Waals surface area contributed by atoms with E-state index in [9.17, 15) is 14.0 Å². The third-order valence-corrected chi connectivity index (χ3v) is 4.25. The van der Waals surface area contributed by atoms with Crippen molar-refractivity contribution in [2.45, 2.75) is 32.1 Å². The summed E-state index contributed by atoms with van der Waals surface area (Å²) in [6, 6.07) is 4.49. The lowest BCUT2D eigenvalue weighted by molar-refractivity contribution is -0.129. The fourth-order valence-corrected chi connectivity index (χ4v) is 3.11. The Morgan fingerprint density at radius 2 is 1.95 bits per heavy atom. The Labute approximate surface area is 123 Å². The van der Waals surface area contributed by atoms with Crippen molar-refractivity contribution in [3.63, 3.8) is 0 Å². The normalized spacial score (nSPS) is 18.0. The summed E-state index contributed by atoms with van der Waals surface area (Å²) in [5.41, 5.74) is 1.60. The first-order valence-electron chi connectivity index (χ1n) is 7.52. The lowest BCUT2D eigenvalue weighted by Crippen LogP contribution is -2.38. The summed E-state index contributed by atoms with van der Waals surface area (Å²) in [5, 5.41) is 0. The second-order valence-electron chi connectivity index (χ2n) is 5.66. The Balaban J connectivity index is 1.70. The van der Waals surface area contributed by atoms with E-state index in [1.165, 1.54) is 12.1 Å². The molecule has 2 aliphatic heterocycles. The Morgan fingerprint density at radius 1 is 1.19 bits per heavy atom. The molecule has 0 spiro atoms. The van der Waals surface area contributed by atoms with Gasteiger partial charge in [-0.1, -0.05) is 0 Å². The molecule has 1 saturated heterocycles. The maximum absolute atomic E-state index is 13.3. The predicted octanol–water partition coefficient (Wildman–Crippen LogP) is 2.12. The summed E-state index contributed by atoms with van der Waals surface area (Å²) in [6.45, 7) is 2.04. The molecule has 0 radical (unpaired) electrons. The SMILES string of the molecule is O=C(CCN1C(=O)CCc2cc(F)ccc21)N1CCCC1. The molecule has 1 aromatic carbocycles. The summed E-state index contributed by atoms with van der Waals surface area (Å²) in [5.74, 6) is -0.158. The number of carbonyl (C=O) groups is 2. The molecule has 4 nitrogen and oxygen atoms in total. The van der Waals surface area contributed by atoms with Crippen molar-refractivity contribution in [1.29, 1.82) is 0 Å². The highest BCUT2D eigenvalue weighted by Crippen LogP contribution is 2.28. The summed E-state index contributed by atoms with van der Waals surface area (Å²) in [6.07, 6.45) is 3.42. The zero-order chi connectivity index (χ0) is 14.8. The summed E-state index contributed by atoms with van der Waals surface area (Å²) >= 11 is 0. The number of hydrogen-bond donors (Lipinski definition) is 0. The largest absolute Gasteiger partial charge is 0.343 e. The van der Waals surface area contributed by atoms with E-state index in [4.69, 9.17) is 0 Å². The number of anilines is 1. The average Bonchev–Trinajstić information content (AvgIpc) is 3.00. The van der Waals surface area contributed by atoms with Crippen molar-refractivity contribution in [1.82, 2.24) is 4.90 Å². The number of amides is 2. The van der Waals surface area contributed by atoms with Gasteiger partial charge >= 0.3 is 0 Å². The average molecular weight is 290 g/mol. The molecule has 0 saturated carbocycles. The first kappa shape index (κ1) is 14.0. The first-order chi connectivity index (χ1) is 10.1. The fourth-order valence-electron chi connectivity index (χ4n) is 3.11. The van der Waals surface area contributed by atoms with Gasteiger partial charge in [-0.25, -0.2) is 4.39 Å². The van der Waals surface area contributed by atoms with Crippen LogP contribution >= 0.6 is 0 Å². The molecule has 1 fully saturated rings. The highest BCUT2D eigenvalue weighted by molar-refractivity contribution is 5.97. The van der Waals surface area contributed by atoms with Crippen molar-refractivity contribution in [2.75, 3.05) is 24.5 Å². The Kier molecular flexibility index (Phi) is 3.90. The fraction of sp³-hybridized carbons (Fsp3) is 0.500. The molecule has 3 rings (SSSR count). The van der Waals surface area contributed by atoms with Crippen LogP contribution in [0.4, 0.5) is 10.1 Å². The maximum Gasteiger partial charge on any atom is 0.227 e. The number of hydrogen-bond acceptors (Lipinski definition) is 2. The van der Waals surface area contributed by atoms with Crippen LogP contribution in [-0.2, 0) is 16.0 Å². The van der Waals surface area contributed by atoms with E-state index in [0.717, 1.165) is 37.2 Å². The van der Waals surface area contributed by atoms with Gasteiger partial charge in [-0.2, -0.15) is 0 Å². The van der Waals surface area contributed by atoms with E-state index in [-0.39, 0.29) is 17.6 Å². The van der Waals surface area contributed by atoms with Gasteiger partial charge in [0, 0.05) is 38.2 Å². The van der Waals surface area contributed by atoms with Crippen LogP contribution in [0.15, 0.2) is 18.2 Å². The standard InChI is InChI=1S/C16H19FN2O2/c17-13-4-5-14-12(11-13)3-6-16(21)19(14)10-7-15(20)18-8-1-2-9-18/h4-5,11H,1-3,6-10H2. The molecule has 0 atom stereocenters. The van der Waals surface area contributed by atoms with E-state index in [1.807, 2.05) is 4.90 Å². The maximum atomic E-state index is 13.3. The van der Waals surface area contributed by atoms with Gasteiger partial charge in [0.15, 0.2) is 0 Å². The van der Waals surface area contributed by atoms with E-state index in [0.29, 0.717) is 25.8 Å². The molecule has 112 valence electrons. The van der Waals surface area contributed by atoms with Crippen LogP contribution in [0.3, 0.4) is 0 Å². The van der Waals surface area contributed by atoms with Crippen LogP contribution in [0.2, 0.25) is 0 Å². The zero-order valence-electron chi connectivity index (χ0n) is 12.0. The number of benzene rings is 1. The van der Waals surface area contributed by atoms with Gasteiger partial charge in [0.05, 0.1) is 0 Å². The molecule has 21 heavy (non-hydrogen) atoms. The highest BCUT2D eigenvalue weighted by Gasteiger charge is 2.26. The van der Waals surface area contributed by atoms with Crippen molar-refractivity contribution < 1.29 is 14.0 Å². The molecule has 2 amide bonds. The topological polar surface area (TPSA) is 40.6 Å². The monoisotopic (exact) mass is 290 g/mol. The van der Waals surface area contributed by atoms with Crippen LogP contribution in [0.25, 0.3) is 0 Å². The lowest BCUT2D eigenvalue weighted by atomic mass is 10.0. The Hall–Kier alpha value is -1.91. The van der Waals surface area contributed by atoms with Gasteiger partial charge < -0.3 is 9.80 Å². The first-order valence-corrected chi connectivity index (χ1v) is 7.52. The van der Waals surface area contributed by atoms with Crippen LogP contribution in [0, 0.1) is 5.82 Å². The van der Waals surface area contributed by atoms with Crippen LogP contribution in [-0.4, -0.2) is 36.3 Å². The van der Waals surface area contributed by atoms with Gasteiger partial charge in [0.25, 0.3) is 0 Å². The van der Waals surface area contributed by atoms with E-state index < -0.39 is 0 Å². The molecular weight excluding hydrogens is 271 g/mol. The molecule has 2 heterocycles. The molecular formula is C16H19FN2O2. The third-order valence-electron chi connectivity index (χ3n) is 4.25. The Morgan fingerprint density at radius 3 is 2.71 bits per heavy atom. The van der Waals surface area contributed by atoms with E-state index >= 15 is 0 Å². The van der Waals surface area contributed by atoms with Crippen molar-refractivity contribution in [3.8, 4) is 0 Å². The van der Waals surface area contributed by atoms with Gasteiger partial charge in [0.2, 0.25) is 11.8 Å². The number of carbonyl (C=O) groups excluding carboxylic acids is 2. The van der Waals surface area contributed by atoms with Gasteiger partial charge in [-0.15, -0.1) is 0 Å². The smallest absolute Gasteiger partial charge is 0.227 e. The Bertz CT molecular complexity index is 567. The van der Waals surface area contributed by atoms with Crippen LogP contribution < -0.4 is 4.90 Å². The van der Waals surface area contributed by atoms with Gasteiger partial charge in [-0.3, -0.25) is 9.59 Å². The molecule has 1 aromatic rings. The summed E-state index contributed by atoms with van der Waals surface area (Å²) in [7, 11) is 0.